The molecule has 0 aliphatic carbocycles. The standard InChI is InChI=1S/C20H29N5S.HI/c1-3-21-20(24-15-18-5-4-12-26-18)23-14-17-6-7-19(22-13-17)25-10-8-16(2)9-11-25;/h4-7,12-13,16H,3,8-11,14-15H2,1-2H3,(H2,21,23,24);1H. The summed E-state index contributed by atoms with van der Waals surface area (Å²) in [6.07, 6.45) is 4.48. The van der Waals surface area contributed by atoms with E-state index in [1.807, 2.05) is 6.20 Å². The summed E-state index contributed by atoms with van der Waals surface area (Å²) >= 11 is 1.75. The smallest absolute Gasteiger partial charge is 0.191 e. The Morgan fingerprint density at radius 3 is 2.70 bits per heavy atom. The maximum Gasteiger partial charge on any atom is 0.191 e. The van der Waals surface area contributed by atoms with Crippen molar-refractivity contribution in [3.63, 3.8) is 0 Å². The summed E-state index contributed by atoms with van der Waals surface area (Å²) in [5, 5.41) is 8.77. The second kappa shape index (κ2) is 11.5. The molecule has 2 aromatic heterocycles. The van der Waals surface area contributed by atoms with Gasteiger partial charge in [-0.15, -0.1) is 35.3 Å². The number of piperidine rings is 1. The Morgan fingerprint density at radius 2 is 2.07 bits per heavy atom. The average molecular weight is 499 g/mol. The number of guanidine groups is 1. The van der Waals surface area contributed by atoms with Gasteiger partial charge in [0.2, 0.25) is 0 Å². The molecule has 1 saturated heterocycles. The molecule has 0 amide bonds. The number of nitrogens with one attached hydrogen (secondary N) is 2. The predicted octanol–water partition coefficient (Wildman–Crippen LogP) is 4.25. The molecule has 27 heavy (non-hydrogen) atoms. The van der Waals surface area contributed by atoms with Crippen LogP contribution in [-0.4, -0.2) is 30.6 Å². The van der Waals surface area contributed by atoms with Crippen LogP contribution >= 0.6 is 35.3 Å². The number of nitrogens with zero attached hydrogens (tertiary/aromatic N) is 3. The van der Waals surface area contributed by atoms with E-state index in [0.717, 1.165) is 49.4 Å². The minimum atomic E-state index is 0. The zero-order valence-electron chi connectivity index (χ0n) is 16.1. The number of rotatable bonds is 6. The SMILES string of the molecule is CCNC(=NCc1ccc(N2CCC(C)CC2)nc1)NCc1cccs1.I. The number of aromatic nitrogens is 1. The monoisotopic (exact) mass is 499 g/mol. The second-order valence-corrected chi connectivity index (χ2v) is 7.85. The first-order valence-corrected chi connectivity index (χ1v) is 10.4. The molecule has 0 aromatic carbocycles. The van der Waals surface area contributed by atoms with E-state index in [-0.39, 0.29) is 24.0 Å². The summed E-state index contributed by atoms with van der Waals surface area (Å²) in [5.41, 5.74) is 1.13. The van der Waals surface area contributed by atoms with Gasteiger partial charge in [-0.25, -0.2) is 9.98 Å². The third kappa shape index (κ3) is 6.95. The number of hydrogen-bond donors (Lipinski definition) is 2. The molecule has 2 N–H and O–H groups in total. The Morgan fingerprint density at radius 1 is 1.26 bits per heavy atom. The third-order valence-corrected chi connectivity index (χ3v) is 5.57. The Hall–Kier alpha value is -1.35. The maximum atomic E-state index is 4.68. The number of halogens is 1. The Bertz CT molecular complexity index is 679. The number of hydrogen-bond acceptors (Lipinski definition) is 4. The first-order chi connectivity index (χ1) is 12.7. The fourth-order valence-corrected chi connectivity index (χ4v) is 3.68. The van der Waals surface area contributed by atoms with Crippen molar-refractivity contribution in [2.75, 3.05) is 24.5 Å². The van der Waals surface area contributed by atoms with Crippen LogP contribution in [0, 0.1) is 5.92 Å². The largest absolute Gasteiger partial charge is 0.357 e. The van der Waals surface area contributed by atoms with Crippen LogP contribution in [0.25, 0.3) is 0 Å². The van der Waals surface area contributed by atoms with Crippen molar-refractivity contribution >= 4 is 47.1 Å². The van der Waals surface area contributed by atoms with Gasteiger partial charge in [0, 0.05) is 30.7 Å². The highest BCUT2D eigenvalue weighted by Crippen LogP contribution is 2.21. The van der Waals surface area contributed by atoms with Gasteiger partial charge in [0.25, 0.3) is 0 Å². The van der Waals surface area contributed by atoms with Gasteiger partial charge in [0.05, 0.1) is 13.1 Å². The lowest BCUT2D eigenvalue weighted by Crippen LogP contribution is -2.36. The van der Waals surface area contributed by atoms with Crippen LogP contribution in [0.3, 0.4) is 0 Å². The van der Waals surface area contributed by atoms with Crippen molar-refractivity contribution in [1.82, 2.24) is 15.6 Å². The molecule has 0 bridgehead atoms. The number of pyridine rings is 1. The van der Waals surface area contributed by atoms with E-state index in [1.165, 1.54) is 17.7 Å². The molecule has 148 valence electrons. The predicted molar refractivity (Wildman–Crippen MR) is 126 cm³/mol. The normalized spacial score (nSPS) is 15.3. The van der Waals surface area contributed by atoms with Crippen LogP contribution in [0.15, 0.2) is 40.8 Å². The van der Waals surface area contributed by atoms with Crippen molar-refractivity contribution in [2.45, 2.75) is 39.8 Å². The molecular formula is C20H30IN5S. The van der Waals surface area contributed by atoms with E-state index < -0.39 is 0 Å². The summed E-state index contributed by atoms with van der Waals surface area (Å²) in [6, 6.07) is 8.48. The van der Waals surface area contributed by atoms with Crippen molar-refractivity contribution in [3.05, 3.63) is 46.3 Å². The molecule has 1 aliphatic heterocycles. The number of anilines is 1. The van der Waals surface area contributed by atoms with E-state index in [1.54, 1.807) is 11.3 Å². The molecule has 0 radical (unpaired) electrons. The zero-order chi connectivity index (χ0) is 18.2. The summed E-state index contributed by atoms with van der Waals surface area (Å²) in [7, 11) is 0. The second-order valence-electron chi connectivity index (χ2n) is 6.82. The van der Waals surface area contributed by atoms with Gasteiger partial charge in [-0.3, -0.25) is 0 Å². The van der Waals surface area contributed by atoms with Gasteiger partial charge in [-0.1, -0.05) is 19.1 Å². The quantitative estimate of drug-likeness (QED) is 0.355. The summed E-state index contributed by atoms with van der Waals surface area (Å²) < 4.78 is 0. The summed E-state index contributed by atoms with van der Waals surface area (Å²) in [6.45, 7) is 8.92. The van der Waals surface area contributed by atoms with E-state index in [0.29, 0.717) is 6.54 Å². The Kier molecular flexibility index (Phi) is 9.33. The van der Waals surface area contributed by atoms with E-state index in [2.05, 4.69) is 69.0 Å². The van der Waals surface area contributed by atoms with Gasteiger partial charge in [-0.05, 0) is 48.8 Å². The molecule has 0 atom stereocenters. The van der Waals surface area contributed by atoms with E-state index >= 15 is 0 Å². The van der Waals surface area contributed by atoms with Crippen LogP contribution in [-0.2, 0) is 13.1 Å². The molecule has 0 spiro atoms. The molecular weight excluding hydrogens is 469 g/mol. The van der Waals surface area contributed by atoms with Gasteiger partial charge in [0.15, 0.2) is 5.96 Å². The maximum absolute atomic E-state index is 4.68. The summed E-state index contributed by atoms with van der Waals surface area (Å²) in [5.74, 6) is 2.77. The first kappa shape index (κ1) is 21.9. The van der Waals surface area contributed by atoms with Crippen molar-refractivity contribution < 1.29 is 0 Å². The lowest BCUT2D eigenvalue weighted by Gasteiger charge is -2.31. The van der Waals surface area contributed by atoms with Crippen molar-refractivity contribution in [1.29, 1.82) is 0 Å². The number of aliphatic imine (C=N–C) groups is 1. The number of thiophene rings is 1. The van der Waals surface area contributed by atoms with Gasteiger partial charge in [0.1, 0.15) is 5.82 Å². The molecule has 3 rings (SSSR count). The Balaban J connectivity index is 0.00000261. The highest BCUT2D eigenvalue weighted by Gasteiger charge is 2.16. The van der Waals surface area contributed by atoms with E-state index in [9.17, 15) is 0 Å². The van der Waals surface area contributed by atoms with Crippen molar-refractivity contribution in [3.8, 4) is 0 Å². The lowest BCUT2D eigenvalue weighted by atomic mass is 9.99. The van der Waals surface area contributed by atoms with Crippen LogP contribution in [0.5, 0.6) is 0 Å². The zero-order valence-corrected chi connectivity index (χ0v) is 19.3. The lowest BCUT2D eigenvalue weighted by molar-refractivity contribution is 0.436. The molecule has 0 unspecified atom stereocenters. The third-order valence-electron chi connectivity index (χ3n) is 4.69. The molecule has 2 aromatic rings. The van der Waals surface area contributed by atoms with Crippen LogP contribution in [0.4, 0.5) is 5.82 Å². The van der Waals surface area contributed by atoms with E-state index in [4.69, 9.17) is 0 Å². The minimum Gasteiger partial charge on any atom is -0.357 e. The highest BCUT2D eigenvalue weighted by atomic mass is 127. The molecule has 1 fully saturated rings. The van der Waals surface area contributed by atoms with Gasteiger partial charge in [-0.2, -0.15) is 0 Å². The average Bonchev–Trinajstić information content (AvgIpc) is 3.19. The Labute approximate surface area is 183 Å². The van der Waals surface area contributed by atoms with Crippen molar-refractivity contribution in [2.24, 2.45) is 10.9 Å². The highest BCUT2D eigenvalue weighted by molar-refractivity contribution is 14.0. The van der Waals surface area contributed by atoms with Gasteiger partial charge >= 0.3 is 0 Å². The van der Waals surface area contributed by atoms with Crippen LogP contribution in [0.2, 0.25) is 0 Å². The summed E-state index contributed by atoms with van der Waals surface area (Å²) in [4.78, 5) is 13.0. The molecule has 1 aliphatic rings. The molecule has 0 saturated carbocycles. The topological polar surface area (TPSA) is 52.6 Å². The van der Waals surface area contributed by atoms with Gasteiger partial charge < -0.3 is 15.5 Å². The fraction of sp³-hybridized carbons (Fsp3) is 0.500. The van der Waals surface area contributed by atoms with Crippen LogP contribution in [0.1, 0.15) is 37.1 Å². The molecule has 5 nitrogen and oxygen atoms in total. The fourth-order valence-electron chi connectivity index (χ4n) is 3.03. The molecule has 7 heteroatoms. The molecule has 3 heterocycles. The van der Waals surface area contributed by atoms with Crippen LogP contribution < -0.4 is 15.5 Å². The first-order valence-electron chi connectivity index (χ1n) is 9.49. The minimum absolute atomic E-state index is 0.